The van der Waals surface area contributed by atoms with Gasteiger partial charge in [0.05, 0.1) is 17.5 Å². The van der Waals surface area contributed by atoms with Crippen molar-refractivity contribution in [3.63, 3.8) is 0 Å². The van der Waals surface area contributed by atoms with Crippen molar-refractivity contribution in [2.45, 2.75) is 19.4 Å². The van der Waals surface area contributed by atoms with Crippen LogP contribution in [0.1, 0.15) is 23.0 Å². The van der Waals surface area contributed by atoms with Gasteiger partial charge in [0.25, 0.3) is 0 Å². The van der Waals surface area contributed by atoms with Crippen molar-refractivity contribution in [2.75, 3.05) is 19.6 Å². The van der Waals surface area contributed by atoms with E-state index < -0.39 is 0 Å². The standard InChI is InChI=1S/C12H17NO2S/c1-9-7-13(5-4-10(9)14)8-11(15)12-3-2-6-16-12/h2-3,6,9-10,14H,4-5,7-8H2,1H3. The van der Waals surface area contributed by atoms with Crippen molar-refractivity contribution in [1.29, 1.82) is 0 Å². The first-order valence-electron chi connectivity index (χ1n) is 5.64. The molecule has 0 amide bonds. The Balaban J connectivity index is 1.89. The highest BCUT2D eigenvalue weighted by atomic mass is 32.1. The van der Waals surface area contributed by atoms with Crippen molar-refractivity contribution < 1.29 is 9.90 Å². The minimum absolute atomic E-state index is 0.193. The average Bonchev–Trinajstić information content (AvgIpc) is 2.77. The van der Waals surface area contributed by atoms with Gasteiger partial charge in [-0.2, -0.15) is 0 Å². The number of aliphatic hydroxyl groups is 1. The molecule has 88 valence electrons. The summed E-state index contributed by atoms with van der Waals surface area (Å²) in [4.78, 5) is 14.8. The molecule has 2 heterocycles. The SMILES string of the molecule is CC1CN(CC(=O)c2cccs2)CCC1O. The first-order chi connectivity index (χ1) is 7.66. The van der Waals surface area contributed by atoms with E-state index in [9.17, 15) is 9.90 Å². The van der Waals surface area contributed by atoms with Crippen LogP contribution in [0.2, 0.25) is 0 Å². The fourth-order valence-corrected chi connectivity index (χ4v) is 2.74. The van der Waals surface area contributed by atoms with Gasteiger partial charge in [-0.15, -0.1) is 11.3 Å². The molecule has 3 nitrogen and oxygen atoms in total. The summed E-state index contributed by atoms with van der Waals surface area (Å²) in [7, 11) is 0. The largest absolute Gasteiger partial charge is 0.393 e. The van der Waals surface area contributed by atoms with Crippen molar-refractivity contribution in [3.05, 3.63) is 22.4 Å². The van der Waals surface area contributed by atoms with Crippen LogP contribution in [0.15, 0.2) is 17.5 Å². The lowest BCUT2D eigenvalue weighted by Gasteiger charge is -2.33. The van der Waals surface area contributed by atoms with E-state index in [0.29, 0.717) is 6.54 Å². The lowest BCUT2D eigenvalue weighted by Crippen LogP contribution is -2.43. The zero-order valence-corrected chi connectivity index (χ0v) is 10.2. The minimum atomic E-state index is -0.201. The smallest absolute Gasteiger partial charge is 0.186 e. The number of carbonyl (C=O) groups is 1. The maximum atomic E-state index is 11.9. The van der Waals surface area contributed by atoms with E-state index in [-0.39, 0.29) is 17.8 Å². The molecular weight excluding hydrogens is 222 g/mol. The molecule has 2 rings (SSSR count). The predicted molar refractivity (Wildman–Crippen MR) is 64.9 cm³/mol. The molecule has 0 radical (unpaired) electrons. The lowest BCUT2D eigenvalue weighted by atomic mass is 9.96. The Hall–Kier alpha value is -0.710. The van der Waals surface area contributed by atoms with Crippen LogP contribution in [0, 0.1) is 5.92 Å². The first kappa shape index (κ1) is 11.8. The summed E-state index contributed by atoms with van der Waals surface area (Å²) in [6.07, 6.45) is 0.576. The van der Waals surface area contributed by atoms with Gasteiger partial charge in [0.2, 0.25) is 0 Å². The number of rotatable bonds is 3. The molecule has 2 atom stereocenters. The highest BCUT2D eigenvalue weighted by Gasteiger charge is 2.25. The molecular formula is C12H17NO2S. The summed E-state index contributed by atoms with van der Waals surface area (Å²) in [5.41, 5.74) is 0. The summed E-state index contributed by atoms with van der Waals surface area (Å²) in [6, 6.07) is 3.77. The highest BCUT2D eigenvalue weighted by Crippen LogP contribution is 2.17. The van der Waals surface area contributed by atoms with Crippen LogP contribution in [-0.4, -0.2) is 41.5 Å². The van der Waals surface area contributed by atoms with Crippen LogP contribution < -0.4 is 0 Å². The van der Waals surface area contributed by atoms with E-state index in [1.165, 1.54) is 11.3 Å². The minimum Gasteiger partial charge on any atom is -0.393 e. The number of Topliss-reactive ketones (excluding diaryl/α,β-unsaturated/α-hetero) is 1. The molecule has 1 N–H and O–H groups in total. The van der Waals surface area contributed by atoms with Gasteiger partial charge in [0.1, 0.15) is 0 Å². The molecule has 4 heteroatoms. The number of aliphatic hydroxyl groups excluding tert-OH is 1. The Morgan fingerprint density at radius 3 is 3.12 bits per heavy atom. The molecule has 0 aliphatic carbocycles. The molecule has 2 unspecified atom stereocenters. The summed E-state index contributed by atoms with van der Waals surface area (Å²) < 4.78 is 0. The first-order valence-corrected chi connectivity index (χ1v) is 6.52. The quantitative estimate of drug-likeness (QED) is 0.815. The molecule has 0 bridgehead atoms. The van der Waals surface area contributed by atoms with E-state index >= 15 is 0 Å². The Morgan fingerprint density at radius 2 is 2.50 bits per heavy atom. The second-order valence-corrected chi connectivity index (χ2v) is 5.42. The van der Waals surface area contributed by atoms with E-state index in [4.69, 9.17) is 0 Å². The normalized spacial score (nSPS) is 26.9. The molecule has 0 aromatic carbocycles. The van der Waals surface area contributed by atoms with Gasteiger partial charge >= 0.3 is 0 Å². The van der Waals surface area contributed by atoms with Crippen LogP contribution in [-0.2, 0) is 0 Å². The molecule has 1 aromatic rings. The van der Waals surface area contributed by atoms with Crippen LogP contribution in [0.5, 0.6) is 0 Å². The van der Waals surface area contributed by atoms with E-state index in [2.05, 4.69) is 4.90 Å². The van der Waals surface area contributed by atoms with Gasteiger partial charge in [0, 0.05) is 13.1 Å². The Kier molecular flexibility index (Phi) is 3.74. The Morgan fingerprint density at radius 1 is 1.69 bits per heavy atom. The molecule has 16 heavy (non-hydrogen) atoms. The van der Waals surface area contributed by atoms with Crippen LogP contribution in [0.3, 0.4) is 0 Å². The van der Waals surface area contributed by atoms with Crippen molar-refractivity contribution in [3.8, 4) is 0 Å². The van der Waals surface area contributed by atoms with Crippen LogP contribution in [0.4, 0.5) is 0 Å². The number of hydrogen-bond donors (Lipinski definition) is 1. The van der Waals surface area contributed by atoms with E-state index in [1.54, 1.807) is 0 Å². The van der Waals surface area contributed by atoms with Crippen LogP contribution >= 0.6 is 11.3 Å². The zero-order valence-electron chi connectivity index (χ0n) is 9.43. The van der Waals surface area contributed by atoms with Gasteiger partial charge in [-0.05, 0) is 23.8 Å². The van der Waals surface area contributed by atoms with Crippen molar-refractivity contribution in [1.82, 2.24) is 4.90 Å². The molecule has 1 fully saturated rings. The van der Waals surface area contributed by atoms with Gasteiger partial charge < -0.3 is 5.11 Å². The van der Waals surface area contributed by atoms with Gasteiger partial charge in [-0.25, -0.2) is 0 Å². The maximum absolute atomic E-state index is 11.9. The molecule has 1 aliphatic rings. The lowest BCUT2D eigenvalue weighted by molar-refractivity contribution is 0.0345. The number of piperidine rings is 1. The number of likely N-dealkylation sites (tertiary alicyclic amines) is 1. The Bertz CT molecular complexity index is 350. The topological polar surface area (TPSA) is 40.5 Å². The number of nitrogens with zero attached hydrogens (tertiary/aromatic N) is 1. The zero-order chi connectivity index (χ0) is 11.5. The van der Waals surface area contributed by atoms with Crippen LogP contribution in [0.25, 0.3) is 0 Å². The fraction of sp³-hybridized carbons (Fsp3) is 0.583. The Labute approximate surface area is 99.7 Å². The maximum Gasteiger partial charge on any atom is 0.186 e. The predicted octanol–water partition coefficient (Wildman–Crippen LogP) is 1.63. The van der Waals surface area contributed by atoms with E-state index in [0.717, 1.165) is 24.4 Å². The molecule has 1 aromatic heterocycles. The third kappa shape index (κ3) is 2.70. The van der Waals surface area contributed by atoms with Gasteiger partial charge in [-0.1, -0.05) is 13.0 Å². The second-order valence-electron chi connectivity index (χ2n) is 4.47. The monoisotopic (exact) mass is 239 g/mol. The number of thiophene rings is 1. The number of carbonyl (C=O) groups excluding carboxylic acids is 1. The van der Waals surface area contributed by atoms with Gasteiger partial charge in [0.15, 0.2) is 5.78 Å². The summed E-state index contributed by atoms with van der Waals surface area (Å²) in [5, 5.41) is 11.5. The summed E-state index contributed by atoms with van der Waals surface area (Å²) in [5.74, 6) is 0.462. The summed E-state index contributed by atoms with van der Waals surface area (Å²) in [6.45, 7) is 4.16. The van der Waals surface area contributed by atoms with Gasteiger partial charge in [-0.3, -0.25) is 9.69 Å². The molecule has 1 saturated heterocycles. The number of ketones is 1. The van der Waals surface area contributed by atoms with Crippen molar-refractivity contribution in [2.24, 2.45) is 5.92 Å². The fourth-order valence-electron chi connectivity index (χ4n) is 2.08. The molecule has 1 aliphatic heterocycles. The van der Waals surface area contributed by atoms with Crippen molar-refractivity contribution >= 4 is 17.1 Å². The number of hydrogen-bond acceptors (Lipinski definition) is 4. The average molecular weight is 239 g/mol. The third-order valence-corrected chi connectivity index (χ3v) is 4.02. The highest BCUT2D eigenvalue weighted by molar-refractivity contribution is 7.12. The molecule has 0 spiro atoms. The molecule has 0 saturated carbocycles. The second kappa shape index (κ2) is 5.08. The third-order valence-electron chi connectivity index (χ3n) is 3.11. The summed E-state index contributed by atoms with van der Waals surface area (Å²) >= 11 is 1.50. The van der Waals surface area contributed by atoms with E-state index in [1.807, 2.05) is 24.4 Å².